The lowest BCUT2D eigenvalue weighted by Gasteiger charge is -2.20. The number of nitrogens with one attached hydrogen (secondary N) is 2. The third-order valence-corrected chi connectivity index (χ3v) is 4.86. The molecule has 1 aromatic rings. The second-order valence-corrected chi connectivity index (χ2v) is 6.96. The van der Waals surface area contributed by atoms with Crippen LogP contribution in [-0.2, 0) is 16.0 Å². The largest absolute Gasteiger partial charge is 0.354 e. The Balaban J connectivity index is 1.50. The van der Waals surface area contributed by atoms with Crippen LogP contribution in [0.2, 0.25) is 5.02 Å². The van der Waals surface area contributed by atoms with Crippen LogP contribution >= 0.6 is 11.6 Å². The van der Waals surface area contributed by atoms with E-state index in [9.17, 15) is 14.4 Å². The van der Waals surface area contributed by atoms with Gasteiger partial charge in [0.25, 0.3) is 5.91 Å². The maximum absolute atomic E-state index is 12.4. The second kappa shape index (κ2) is 6.43. The van der Waals surface area contributed by atoms with Crippen LogP contribution < -0.4 is 10.6 Å². The number of imide groups is 1. The van der Waals surface area contributed by atoms with Crippen LogP contribution in [0.5, 0.6) is 0 Å². The number of rotatable bonds is 6. The Kier molecular flexibility index (Phi) is 4.49. The molecule has 0 spiro atoms. The molecule has 3 rings (SSSR count). The maximum atomic E-state index is 12.4. The van der Waals surface area contributed by atoms with Crippen molar-refractivity contribution in [2.45, 2.75) is 31.7 Å². The fraction of sp³-hybridized carbons (Fsp3) is 0.471. The Morgan fingerprint density at radius 2 is 2.17 bits per heavy atom. The molecule has 0 aromatic heterocycles. The number of urea groups is 1. The second-order valence-electron chi connectivity index (χ2n) is 6.53. The Bertz CT molecular complexity index is 689. The molecule has 7 heteroatoms. The number of carbonyl (C=O) groups excluding carboxylic acids is 3. The first-order valence-electron chi connectivity index (χ1n) is 8.05. The normalized spacial score (nSPS) is 23.3. The molecule has 0 radical (unpaired) electrons. The summed E-state index contributed by atoms with van der Waals surface area (Å²) in [5.74, 6) is -0.467. The molecule has 128 valence electrons. The first-order chi connectivity index (χ1) is 11.4. The number of nitrogens with zero attached hydrogens (tertiary/aromatic N) is 1. The molecule has 2 aliphatic rings. The van der Waals surface area contributed by atoms with Gasteiger partial charge >= 0.3 is 6.03 Å². The van der Waals surface area contributed by atoms with Crippen molar-refractivity contribution in [1.29, 1.82) is 0 Å². The van der Waals surface area contributed by atoms with E-state index in [1.807, 2.05) is 18.2 Å². The molecule has 1 aliphatic heterocycles. The van der Waals surface area contributed by atoms with Gasteiger partial charge in [0.1, 0.15) is 12.1 Å². The highest BCUT2D eigenvalue weighted by atomic mass is 35.5. The van der Waals surface area contributed by atoms with Crippen molar-refractivity contribution in [3.05, 3.63) is 34.9 Å². The van der Waals surface area contributed by atoms with Crippen LogP contribution in [0.25, 0.3) is 0 Å². The van der Waals surface area contributed by atoms with Gasteiger partial charge in [-0.2, -0.15) is 0 Å². The quantitative estimate of drug-likeness (QED) is 0.767. The standard InChI is InChI=1S/C17H20ClN3O3/c1-17(12-5-6-12)15(23)21(16(24)20-17)10-14(22)19-8-7-11-3-2-4-13(18)9-11/h2-4,9,12H,5-8,10H2,1H3,(H,19,22)(H,20,24)/t17-/m1/s1. The van der Waals surface area contributed by atoms with Gasteiger partial charge in [-0.1, -0.05) is 23.7 Å². The lowest BCUT2D eigenvalue weighted by Crippen LogP contribution is -2.47. The highest BCUT2D eigenvalue weighted by Crippen LogP contribution is 2.42. The van der Waals surface area contributed by atoms with Crippen molar-refractivity contribution in [3.8, 4) is 0 Å². The average molecular weight is 350 g/mol. The van der Waals surface area contributed by atoms with Gasteiger partial charge in [0.2, 0.25) is 5.91 Å². The van der Waals surface area contributed by atoms with E-state index in [0.29, 0.717) is 18.0 Å². The summed E-state index contributed by atoms with van der Waals surface area (Å²) < 4.78 is 0. The number of hydrogen-bond donors (Lipinski definition) is 2. The molecule has 1 heterocycles. The fourth-order valence-corrected chi connectivity index (χ4v) is 3.25. The maximum Gasteiger partial charge on any atom is 0.325 e. The van der Waals surface area contributed by atoms with E-state index in [2.05, 4.69) is 10.6 Å². The number of benzene rings is 1. The highest BCUT2D eigenvalue weighted by molar-refractivity contribution is 6.30. The smallest absolute Gasteiger partial charge is 0.325 e. The van der Waals surface area contributed by atoms with Crippen molar-refractivity contribution < 1.29 is 14.4 Å². The summed E-state index contributed by atoms with van der Waals surface area (Å²) in [4.78, 5) is 37.5. The third-order valence-electron chi connectivity index (χ3n) is 4.62. The summed E-state index contributed by atoms with van der Waals surface area (Å²) >= 11 is 5.91. The summed E-state index contributed by atoms with van der Waals surface area (Å²) in [7, 11) is 0. The molecule has 0 unspecified atom stereocenters. The van der Waals surface area contributed by atoms with Crippen molar-refractivity contribution in [2.24, 2.45) is 5.92 Å². The monoisotopic (exact) mass is 349 g/mol. The van der Waals surface area contributed by atoms with Crippen LogP contribution in [0.4, 0.5) is 4.79 Å². The molecule has 1 saturated heterocycles. The Morgan fingerprint density at radius 1 is 1.42 bits per heavy atom. The van der Waals surface area contributed by atoms with Crippen molar-refractivity contribution in [2.75, 3.05) is 13.1 Å². The summed E-state index contributed by atoms with van der Waals surface area (Å²) in [5, 5.41) is 6.11. The number of hydrogen-bond acceptors (Lipinski definition) is 3. The Hall–Kier alpha value is -2.08. The number of carbonyl (C=O) groups is 3. The SMILES string of the molecule is C[C@]1(C2CC2)NC(=O)N(CC(=O)NCCc2cccc(Cl)c2)C1=O. The molecule has 0 bridgehead atoms. The fourth-order valence-electron chi connectivity index (χ4n) is 3.03. The van der Waals surface area contributed by atoms with Crippen LogP contribution in [0.3, 0.4) is 0 Å². The van der Waals surface area contributed by atoms with Crippen LogP contribution in [0.15, 0.2) is 24.3 Å². The van der Waals surface area contributed by atoms with Crippen LogP contribution in [0, 0.1) is 5.92 Å². The molecule has 24 heavy (non-hydrogen) atoms. The Morgan fingerprint density at radius 3 is 2.83 bits per heavy atom. The van der Waals surface area contributed by atoms with E-state index in [0.717, 1.165) is 23.3 Å². The first kappa shape index (κ1) is 16.8. The van der Waals surface area contributed by atoms with Gasteiger partial charge in [-0.3, -0.25) is 14.5 Å². The minimum Gasteiger partial charge on any atom is -0.354 e. The van der Waals surface area contributed by atoms with E-state index in [1.54, 1.807) is 13.0 Å². The van der Waals surface area contributed by atoms with E-state index in [1.165, 1.54) is 0 Å². The summed E-state index contributed by atoms with van der Waals surface area (Å²) in [6, 6.07) is 6.92. The predicted molar refractivity (Wildman–Crippen MR) is 89.5 cm³/mol. The lowest BCUT2D eigenvalue weighted by atomic mass is 9.96. The van der Waals surface area contributed by atoms with Crippen LogP contribution in [-0.4, -0.2) is 41.4 Å². The molecule has 1 saturated carbocycles. The van der Waals surface area contributed by atoms with Gasteiger partial charge in [0, 0.05) is 11.6 Å². The van der Waals surface area contributed by atoms with Crippen LogP contribution in [0.1, 0.15) is 25.3 Å². The van der Waals surface area contributed by atoms with Gasteiger partial charge in [0.15, 0.2) is 0 Å². The van der Waals surface area contributed by atoms with Gasteiger partial charge in [-0.05, 0) is 49.8 Å². The number of halogens is 1. The van der Waals surface area contributed by atoms with Crippen molar-refractivity contribution >= 4 is 29.4 Å². The zero-order valence-electron chi connectivity index (χ0n) is 13.5. The van der Waals surface area contributed by atoms with Crippen molar-refractivity contribution in [3.63, 3.8) is 0 Å². The van der Waals surface area contributed by atoms with Crippen molar-refractivity contribution in [1.82, 2.24) is 15.5 Å². The topological polar surface area (TPSA) is 78.5 Å². The van der Waals surface area contributed by atoms with Gasteiger partial charge in [-0.25, -0.2) is 4.79 Å². The molecular formula is C17H20ClN3O3. The van der Waals surface area contributed by atoms with E-state index >= 15 is 0 Å². The van der Waals surface area contributed by atoms with Gasteiger partial charge in [0.05, 0.1) is 0 Å². The first-order valence-corrected chi connectivity index (χ1v) is 8.43. The number of amides is 4. The average Bonchev–Trinajstić information content (AvgIpc) is 3.34. The molecule has 2 N–H and O–H groups in total. The molecule has 1 atom stereocenters. The summed E-state index contributed by atoms with van der Waals surface area (Å²) in [5.41, 5.74) is 0.164. The molecule has 4 amide bonds. The van der Waals surface area contributed by atoms with E-state index < -0.39 is 11.6 Å². The third kappa shape index (κ3) is 3.38. The molecule has 1 aromatic carbocycles. The summed E-state index contributed by atoms with van der Waals surface area (Å²) in [6.45, 7) is 1.91. The highest BCUT2D eigenvalue weighted by Gasteiger charge is 2.56. The molecular weight excluding hydrogens is 330 g/mol. The zero-order valence-corrected chi connectivity index (χ0v) is 14.2. The summed E-state index contributed by atoms with van der Waals surface area (Å²) in [6.07, 6.45) is 2.50. The minimum absolute atomic E-state index is 0.185. The zero-order chi connectivity index (χ0) is 17.3. The Labute approximate surface area is 145 Å². The lowest BCUT2D eigenvalue weighted by molar-refractivity contribution is -0.135. The molecule has 1 aliphatic carbocycles. The van der Waals surface area contributed by atoms with E-state index in [-0.39, 0.29) is 24.3 Å². The van der Waals surface area contributed by atoms with Gasteiger partial charge < -0.3 is 10.6 Å². The predicted octanol–water partition coefficient (Wildman–Crippen LogP) is 1.72. The van der Waals surface area contributed by atoms with E-state index in [4.69, 9.17) is 11.6 Å². The van der Waals surface area contributed by atoms with Gasteiger partial charge in [-0.15, -0.1) is 0 Å². The molecule has 2 fully saturated rings. The minimum atomic E-state index is -0.849. The molecule has 6 nitrogen and oxygen atoms in total.